The molecule has 0 spiro atoms. The van der Waals surface area contributed by atoms with E-state index in [9.17, 15) is 21.6 Å². The lowest BCUT2D eigenvalue weighted by Crippen LogP contribution is -2.27. The van der Waals surface area contributed by atoms with Gasteiger partial charge in [-0.05, 0) is 35.9 Å². The molecule has 0 bridgehead atoms. The Bertz CT molecular complexity index is 825. The van der Waals surface area contributed by atoms with Gasteiger partial charge in [-0.2, -0.15) is 4.31 Å². The summed E-state index contributed by atoms with van der Waals surface area (Å²) in [5.74, 6) is -2.55. The van der Waals surface area contributed by atoms with Crippen LogP contribution in [-0.2, 0) is 16.6 Å². The van der Waals surface area contributed by atoms with Gasteiger partial charge in [0.1, 0.15) is 16.5 Å². The van der Waals surface area contributed by atoms with Gasteiger partial charge < -0.3 is 4.74 Å². The van der Waals surface area contributed by atoms with Crippen LogP contribution in [-0.4, -0.2) is 26.9 Å². The third-order valence-electron chi connectivity index (χ3n) is 3.20. The van der Waals surface area contributed by atoms with Gasteiger partial charge in [-0.1, -0.05) is 6.07 Å². The third-order valence-corrected chi connectivity index (χ3v) is 5.02. The van der Waals surface area contributed by atoms with Gasteiger partial charge in [-0.15, -0.1) is 0 Å². The maximum atomic E-state index is 13.7. The molecule has 0 radical (unpaired) electrons. The zero-order valence-corrected chi connectivity index (χ0v) is 13.2. The van der Waals surface area contributed by atoms with E-state index >= 15 is 0 Å². The van der Waals surface area contributed by atoms with Crippen LogP contribution >= 0.6 is 0 Å². The van der Waals surface area contributed by atoms with Crippen molar-refractivity contribution in [2.45, 2.75) is 11.4 Å². The Hall–Kier alpha value is -2.06. The molecule has 0 heterocycles. The summed E-state index contributed by atoms with van der Waals surface area (Å²) in [7, 11) is -1.75. The Morgan fingerprint density at radius 3 is 2.35 bits per heavy atom. The molecule has 0 saturated heterocycles. The van der Waals surface area contributed by atoms with E-state index in [1.54, 1.807) is 0 Å². The Labute approximate surface area is 132 Å². The predicted octanol–water partition coefficient (Wildman–Crippen LogP) is 2.93. The summed E-state index contributed by atoms with van der Waals surface area (Å²) in [6.07, 6.45) is 0. The summed E-state index contributed by atoms with van der Waals surface area (Å²) in [5, 5.41) is 0. The topological polar surface area (TPSA) is 46.6 Å². The molecule has 0 atom stereocenters. The SMILES string of the molecule is COc1ccc(CN(C)S(=O)(=O)c2cc(F)ccc2F)cc1F. The lowest BCUT2D eigenvalue weighted by atomic mass is 10.2. The average Bonchev–Trinajstić information content (AvgIpc) is 2.49. The molecule has 0 fully saturated rings. The molecule has 23 heavy (non-hydrogen) atoms. The fourth-order valence-corrected chi connectivity index (χ4v) is 3.22. The number of ether oxygens (including phenoxy) is 1. The van der Waals surface area contributed by atoms with Crippen LogP contribution in [0.15, 0.2) is 41.3 Å². The van der Waals surface area contributed by atoms with Crippen LogP contribution in [0.25, 0.3) is 0 Å². The predicted molar refractivity (Wildman–Crippen MR) is 78.0 cm³/mol. The molecule has 0 aliphatic heterocycles. The van der Waals surface area contributed by atoms with Gasteiger partial charge in [0.2, 0.25) is 10.0 Å². The summed E-state index contributed by atoms with van der Waals surface area (Å²) in [5.41, 5.74) is 0.339. The van der Waals surface area contributed by atoms with Gasteiger partial charge in [0, 0.05) is 13.6 Å². The standard InChI is InChI=1S/C15H14F3NO3S/c1-19(9-10-3-6-14(22-2)13(18)7-10)23(20,21)15-8-11(16)4-5-12(15)17/h3-8H,9H2,1-2H3. The van der Waals surface area contributed by atoms with Gasteiger partial charge >= 0.3 is 0 Å². The molecule has 2 aromatic carbocycles. The van der Waals surface area contributed by atoms with E-state index in [0.29, 0.717) is 11.6 Å². The van der Waals surface area contributed by atoms with Crippen LogP contribution in [0.2, 0.25) is 0 Å². The van der Waals surface area contributed by atoms with Crippen LogP contribution < -0.4 is 4.74 Å². The van der Waals surface area contributed by atoms with E-state index in [0.717, 1.165) is 22.5 Å². The zero-order valence-electron chi connectivity index (χ0n) is 12.4. The van der Waals surface area contributed by atoms with Crippen molar-refractivity contribution < 1.29 is 26.3 Å². The minimum Gasteiger partial charge on any atom is -0.494 e. The molecule has 0 aromatic heterocycles. The highest BCUT2D eigenvalue weighted by Gasteiger charge is 2.25. The van der Waals surface area contributed by atoms with Crippen molar-refractivity contribution in [1.29, 1.82) is 0 Å². The van der Waals surface area contributed by atoms with Crippen LogP contribution in [0.3, 0.4) is 0 Å². The summed E-state index contributed by atoms with van der Waals surface area (Å²) < 4.78 is 70.7. The highest BCUT2D eigenvalue weighted by Crippen LogP contribution is 2.23. The fraction of sp³-hybridized carbons (Fsp3) is 0.200. The summed E-state index contributed by atoms with van der Waals surface area (Å²) in [4.78, 5) is -0.769. The number of sulfonamides is 1. The Kier molecular flexibility index (Phi) is 4.96. The first kappa shape index (κ1) is 17.3. The van der Waals surface area contributed by atoms with Crippen molar-refractivity contribution in [2.24, 2.45) is 0 Å². The van der Waals surface area contributed by atoms with Crippen molar-refractivity contribution in [2.75, 3.05) is 14.2 Å². The molecule has 0 aliphatic rings. The lowest BCUT2D eigenvalue weighted by molar-refractivity contribution is 0.385. The highest BCUT2D eigenvalue weighted by molar-refractivity contribution is 7.89. The number of rotatable bonds is 5. The summed E-state index contributed by atoms with van der Waals surface area (Å²) in [6.45, 7) is -0.209. The van der Waals surface area contributed by atoms with Gasteiger partial charge in [-0.3, -0.25) is 0 Å². The number of halogens is 3. The number of nitrogens with zero attached hydrogens (tertiary/aromatic N) is 1. The van der Waals surface area contributed by atoms with Gasteiger partial charge in [0.05, 0.1) is 7.11 Å². The van der Waals surface area contributed by atoms with Crippen molar-refractivity contribution in [1.82, 2.24) is 4.31 Å². The quantitative estimate of drug-likeness (QED) is 0.837. The minimum absolute atomic E-state index is 0.0236. The Morgan fingerprint density at radius 1 is 1.04 bits per heavy atom. The first-order valence-electron chi connectivity index (χ1n) is 6.49. The van der Waals surface area contributed by atoms with E-state index in [4.69, 9.17) is 4.74 Å². The van der Waals surface area contributed by atoms with Crippen molar-refractivity contribution >= 4 is 10.0 Å². The molecular formula is C15H14F3NO3S. The van der Waals surface area contributed by atoms with E-state index in [1.807, 2.05) is 0 Å². The first-order valence-corrected chi connectivity index (χ1v) is 7.93. The van der Waals surface area contributed by atoms with E-state index in [-0.39, 0.29) is 12.3 Å². The molecule has 4 nitrogen and oxygen atoms in total. The average molecular weight is 345 g/mol. The number of hydrogen-bond acceptors (Lipinski definition) is 3. The molecule has 8 heteroatoms. The van der Waals surface area contributed by atoms with Crippen molar-refractivity contribution in [3.63, 3.8) is 0 Å². The molecule has 2 rings (SSSR count). The molecule has 2 aromatic rings. The van der Waals surface area contributed by atoms with Gasteiger partial charge in [0.25, 0.3) is 0 Å². The van der Waals surface area contributed by atoms with Crippen LogP contribution in [0.5, 0.6) is 5.75 Å². The monoisotopic (exact) mass is 345 g/mol. The zero-order chi connectivity index (χ0) is 17.2. The highest BCUT2D eigenvalue weighted by atomic mass is 32.2. The second-order valence-electron chi connectivity index (χ2n) is 4.80. The fourth-order valence-electron chi connectivity index (χ4n) is 1.99. The smallest absolute Gasteiger partial charge is 0.246 e. The number of hydrogen-bond donors (Lipinski definition) is 0. The third kappa shape index (κ3) is 3.65. The van der Waals surface area contributed by atoms with E-state index < -0.39 is 32.4 Å². The number of methoxy groups -OCH3 is 1. The first-order chi connectivity index (χ1) is 10.8. The number of benzene rings is 2. The largest absolute Gasteiger partial charge is 0.494 e. The molecule has 0 saturated carbocycles. The maximum absolute atomic E-state index is 13.7. The van der Waals surface area contributed by atoms with Crippen molar-refractivity contribution in [3.8, 4) is 5.75 Å². The lowest BCUT2D eigenvalue weighted by Gasteiger charge is -2.18. The second-order valence-corrected chi connectivity index (χ2v) is 6.82. The molecule has 0 amide bonds. The second kappa shape index (κ2) is 6.59. The molecule has 124 valence electrons. The summed E-state index contributed by atoms with van der Waals surface area (Å²) in [6, 6.07) is 6.13. The van der Waals surface area contributed by atoms with Gasteiger partial charge in [0.15, 0.2) is 11.6 Å². The molecular weight excluding hydrogens is 331 g/mol. The Morgan fingerprint density at radius 2 is 1.74 bits per heavy atom. The van der Waals surface area contributed by atoms with Crippen LogP contribution in [0.4, 0.5) is 13.2 Å². The normalized spacial score (nSPS) is 11.7. The molecule has 0 unspecified atom stereocenters. The van der Waals surface area contributed by atoms with Crippen LogP contribution in [0, 0.1) is 17.5 Å². The Balaban J connectivity index is 2.30. The van der Waals surface area contributed by atoms with E-state index in [1.165, 1.54) is 26.3 Å². The maximum Gasteiger partial charge on any atom is 0.246 e. The van der Waals surface area contributed by atoms with E-state index in [2.05, 4.69) is 0 Å². The van der Waals surface area contributed by atoms with Gasteiger partial charge in [-0.25, -0.2) is 21.6 Å². The van der Waals surface area contributed by atoms with Crippen LogP contribution in [0.1, 0.15) is 5.56 Å². The molecule has 0 N–H and O–H groups in total. The minimum atomic E-state index is -4.25. The van der Waals surface area contributed by atoms with Crippen molar-refractivity contribution in [3.05, 3.63) is 59.4 Å². The molecule has 0 aliphatic carbocycles. The summed E-state index contributed by atoms with van der Waals surface area (Å²) >= 11 is 0.